The SMILES string of the molecule is CCNC(=NCC1COc2ccccc2O1)NCCNC(=O)Cc1ccc(F)cc1. The third kappa shape index (κ3) is 6.65. The van der Waals surface area contributed by atoms with E-state index in [0.29, 0.717) is 38.7 Å². The van der Waals surface area contributed by atoms with E-state index in [4.69, 9.17) is 9.47 Å². The predicted molar refractivity (Wildman–Crippen MR) is 113 cm³/mol. The highest BCUT2D eigenvalue weighted by Crippen LogP contribution is 2.30. The Bertz CT molecular complexity index is 858. The first-order valence-corrected chi connectivity index (χ1v) is 10.1. The summed E-state index contributed by atoms with van der Waals surface area (Å²) in [5.74, 6) is 1.70. The van der Waals surface area contributed by atoms with Crippen LogP contribution in [0.4, 0.5) is 4.39 Å². The normalized spacial score (nSPS) is 15.4. The molecule has 1 aliphatic rings. The van der Waals surface area contributed by atoms with Gasteiger partial charge in [0.2, 0.25) is 5.91 Å². The minimum absolute atomic E-state index is 0.114. The monoisotopic (exact) mass is 414 g/mol. The summed E-state index contributed by atoms with van der Waals surface area (Å²) in [7, 11) is 0. The molecule has 160 valence electrons. The number of nitrogens with one attached hydrogen (secondary N) is 3. The van der Waals surface area contributed by atoms with Crippen molar-refractivity contribution in [2.45, 2.75) is 19.4 Å². The Morgan fingerprint density at radius 2 is 1.80 bits per heavy atom. The maximum atomic E-state index is 12.9. The molecular weight excluding hydrogens is 387 g/mol. The van der Waals surface area contributed by atoms with Gasteiger partial charge in [-0.1, -0.05) is 24.3 Å². The smallest absolute Gasteiger partial charge is 0.224 e. The maximum absolute atomic E-state index is 12.9. The second kappa shape index (κ2) is 11.0. The number of hydrogen-bond acceptors (Lipinski definition) is 4. The summed E-state index contributed by atoms with van der Waals surface area (Å²) in [5, 5.41) is 9.19. The van der Waals surface area contributed by atoms with Gasteiger partial charge in [-0.15, -0.1) is 0 Å². The van der Waals surface area contributed by atoms with Crippen LogP contribution in [-0.4, -0.2) is 50.8 Å². The van der Waals surface area contributed by atoms with Gasteiger partial charge in [0.25, 0.3) is 0 Å². The third-order valence-electron chi connectivity index (χ3n) is 4.38. The van der Waals surface area contributed by atoms with Crippen LogP contribution >= 0.6 is 0 Å². The number of guanidine groups is 1. The Balaban J connectivity index is 1.39. The molecule has 0 fully saturated rings. The molecular formula is C22H27FN4O3. The van der Waals surface area contributed by atoms with Crippen LogP contribution in [0.15, 0.2) is 53.5 Å². The van der Waals surface area contributed by atoms with Gasteiger partial charge in [-0.25, -0.2) is 9.38 Å². The van der Waals surface area contributed by atoms with Crippen LogP contribution in [-0.2, 0) is 11.2 Å². The van der Waals surface area contributed by atoms with Crippen molar-refractivity contribution in [1.82, 2.24) is 16.0 Å². The summed E-state index contributed by atoms with van der Waals surface area (Å²) in [6.07, 6.45) is 0.0559. The quantitative estimate of drug-likeness (QED) is 0.349. The number of aliphatic imine (C=N–C) groups is 1. The van der Waals surface area contributed by atoms with Crippen molar-refractivity contribution in [2.75, 3.05) is 32.8 Å². The van der Waals surface area contributed by atoms with Crippen LogP contribution in [0.5, 0.6) is 11.5 Å². The first-order valence-electron chi connectivity index (χ1n) is 10.1. The van der Waals surface area contributed by atoms with Crippen molar-refractivity contribution in [3.05, 3.63) is 59.9 Å². The van der Waals surface area contributed by atoms with Gasteiger partial charge in [-0.3, -0.25) is 4.79 Å². The number of rotatable bonds is 8. The summed E-state index contributed by atoms with van der Waals surface area (Å²) < 4.78 is 24.5. The number of amides is 1. The Morgan fingerprint density at radius 3 is 2.57 bits per heavy atom. The van der Waals surface area contributed by atoms with Crippen molar-refractivity contribution in [3.63, 3.8) is 0 Å². The number of para-hydroxylation sites is 2. The minimum Gasteiger partial charge on any atom is -0.486 e. The fraction of sp³-hybridized carbons (Fsp3) is 0.364. The molecule has 7 nitrogen and oxygen atoms in total. The van der Waals surface area contributed by atoms with Gasteiger partial charge in [0.15, 0.2) is 23.6 Å². The van der Waals surface area contributed by atoms with Gasteiger partial charge >= 0.3 is 0 Å². The van der Waals surface area contributed by atoms with Gasteiger partial charge in [0.05, 0.1) is 13.0 Å². The molecule has 1 aliphatic heterocycles. The van der Waals surface area contributed by atoms with Crippen molar-refractivity contribution in [3.8, 4) is 11.5 Å². The highest BCUT2D eigenvalue weighted by atomic mass is 19.1. The van der Waals surface area contributed by atoms with Crippen molar-refractivity contribution in [1.29, 1.82) is 0 Å². The van der Waals surface area contributed by atoms with Crippen LogP contribution < -0.4 is 25.4 Å². The summed E-state index contributed by atoms with van der Waals surface area (Å²) in [4.78, 5) is 16.5. The zero-order valence-electron chi connectivity index (χ0n) is 17.0. The van der Waals surface area contributed by atoms with Crippen molar-refractivity contribution in [2.24, 2.45) is 4.99 Å². The number of carbonyl (C=O) groups is 1. The first-order chi connectivity index (χ1) is 14.6. The lowest BCUT2D eigenvalue weighted by molar-refractivity contribution is -0.120. The highest BCUT2D eigenvalue weighted by Gasteiger charge is 2.20. The maximum Gasteiger partial charge on any atom is 0.224 e. The number of carbonyl (C=O) groups excluding carboxylic acids is 1. The summed E-state index contributed by atoms with van der Waals surface area (Å²) in [6, 6.07) is 13.5. The minimum atomic E-state index is -0.312. The molecule has 3 rings (SSSR count). The molecule has 0 radical (unpaired) electrons. The second-order valence-corrected chi connectivity index (χ2v) is 6.80. The average molecular weight is 414 g/mol. The summed E-state index contributed by atoms with van der Waals surface area (Å²) in [5.41, 5.74) is 0.771. The van der Waals surface area contributed by atoms with Crippen molar-refractivity contribution >= 4 is 11.9 Å². The highest BCUT2D eigenvalue weighted by molar-refractivity contribution is 5.80. The van der Waals surface area contributed by atoms with Crippen LogP contribution in [0.25, 0.3) is 0 Å². The van der Waals surface area contributed by atoms with E-state index >= 15 is 0 Å². The fourth-order valence-corrected chi connectivity index (χ4v) is 2.92. The molecule has 3 N–H and O–H groups in total. The van der Waals surface area contributed by atoms with E-state index in [0.717, 1.165) is 17.1 Å². The largest absolute Gasteiger partial charge is 0.486 e. The number of benzene rings is 2. The van der Waals surface area contributed by atoms with E-state index in [2.05, 4.69) is 20.9 Å². The standard InChI is InChI=1S/C22H27FN4O3/c1-2-24-22(27-14-18-15-29-19-5-3-4-6-20(19)30-18)26-12-11-25-21(28)13-16-7-9-17(23)10-8-16/h3-10,18H,2,11-15H2,1H3,(H,25,28)(H2,24,26,27). The lowest BCUT2D eigenvalue weighted by Crippen LogP contribution is -2.42. The van der Waals surface area contributed by atoms with Crippen molar-refractivity contribution < 1.29 is 18.7 Å². The number of ether oxygens (including phenoxy) is 2. The molecule has 0 saturated heterocycles. The fourth-order valence-electron chi connectivity index (χ4n) is 2.92. The van der Waals surface area contributed by atoms with E-state index in [1.807, 2.05) is 31.2 Å². The molecule has 0 aliphatic carbocycles. The van der Waals surface area contributed by atoms with Crippen LogP contribution in [0.3, 0.4) is 0 Å². The number of halogens is 1. The molecule has 1 amide bonds. The topological polar surface area (TPSA) is 84.0 Å². The lowest BCUT2D eigenvalue weighted by Gasteiger charge is -2.25. The summed E-state index contributed by atoms with van der Waals surface area (Å²) >= 11 is 0. The third-order valence-corrected chi connectivity index (χ3v) is 4.38. The van der Waals surface area contributed by atoms with Gasteiger partial charge in [-0.2, -0.15) is 0 Å². The van der Waals surface area contributed by atoms with Crippen LogP contribution in [0.2, 0.25) is 0 Å². The van der Waals surface area contributed by atoms with Crippen LogP contribution in [0, 0.1) is 5.82 Å². The Morgan fingerprint density at radius 1 is 1.07 bits per heavy atom. The zero-order chi connectivity index (χ0) is 21.2. The van der Waals surface area contributed by atoms with E-state index in [-0.39, 0.29) is 24.2 Å². The molecule has 0 aromatic heterocycles. The number of fused-ring (bicyclic) bond motifs is 1. The molecule has 30 heavy (non-hydrogen) atoms. The van der Waals surface area contributed by atoms with Gasteiger partial charge in [0.1, 0.15) is 12.4 Å². The van der Waals surface area contributed by atoms with E-state index in [9.17, 15) is 9.18 Å². The molecule has 1 atom stereocenters. The number of nitrogens with zero attached hydrogens (tertiary/aromatic N) is 1. The van der Waals surface area contributed by atoms with Gasteiger partial charge in [-0.05, 0) is 36.8 Å². The Labute approximate surface area is 175 Å². The number of hydrogen-bond donors (Lipinski definition) is 3. The van der Waals surface area contributed by atoms with Gasteiger partial charge < -0.3 is 25.4 Å². The van der Waals surface area contributed by atoms with E-state index in [1.165, 1.54) is 12.1 Å². The van der Waals surface area contributed by atoms with E-state index < -0.39 is 0 Å². The molecule has 1 unspecified atom stereocenters. The summed E-state index contributed by atoms with van der Waals surface area (Å²) in [6.45, 7) is 4.55. The molecule has 0 saturated carbocycles. The molecule has 1 heterocycles. The molecule has 0 bridgehead atoms. The molecule has 2 aromatic rings. The van der Waals surface area contributed by atoms with E-state index in [1.54, 1.807) is 12.1 Å². The van der Waals surface area contributed by atoms with Gasteiger partial charge in [0, 0.05) is 19.6 Å². The second-order valence-electron chi connectivity index (χ2n) is 6.80. The lowest BCUT2D eigenvalue weighted by atomic mass is 10.1. The Hall–Kier alpha value is -3.29. The zero-order valence-corrected chi connectivity index (χ0v) is 17.0. The average Bonchev–Trinajstić information content (AvgIpc) is 2.76. The Kier molecular flexibility index (Phi) is 7.88. The van der Waals surface area contributed by atoms with Crippen LogP contribution in [0.1, 0.15) is 12.5 Å². The molecule has 2 aromatic carbocycles. The molecule has 0 spiro atoms. The first kappa shape index (κ1) is 21.4. The predicted octanol–water partition coefficient (Wildman–Crippen LogP) is 1.88. The molecule has 8 heteroatoms.